The SMILES string of the molecule is CC(C)CCOC(=O)NC(NC(=O)c1cnc(N2CCNCC2)s1)c1nc2ccccc2[nH]1. The van der Waals surface area contributed by atoms with Crippen LogP contribution in [0.4, 0.5) is 9.93 Å². The molecule has 0 spiro atoms. The number of aromatic amines is 1. The quantitative estimate of drug-likeness (QED) is 0.372. The number of rotatable bonds is 8. The molecule has 11 heteroatoms. The lowest BCUT2D eigenvalue weighted by Gasteiger charge is -2.26. The Balaban J connectivity index is 1.48. The van der Waals surface area contributed by atoms with Gasteiger partial charge in [0.2, 0.25) is 0 Å². The number of hydrogen-bond donors (Lipinski definition) is 4. The van der Waals surface area contributed by atoms with Crippen LogP contribution in [0.5, 0.6) is 0 Å². The summed E-state index contributed by atoms with van der Waals surface area (Å²) in [6.07, 6.45) is 0.812. The van der Waals surface area contributed by atoms with Crippen LogP contribution < -0.4 is 20.9 Å². The van der Waals surface area contributed by atoms with Gasteiger partial charge in [0.05, 0.1) is 23.8 Å². The topological polar surface area (TPSA) is 124 Å². The van der Waals surface area contributed by atoms with Crippen LogP contribution in [0.1, 0.15) is 41.9 Å². The lowest BCUT2D eigenvalue weighted by atomic mass is 10.1. The number of thiazole rings is 1. The van der Waals surface area contributed by atoms with Crippen molar-refractivity contribution < 1.29 is 14.3 Å². The number of imidazole rings is 1. The third kappa shape index (κ3) is 5.99. The Morgan fingerprint density at radius 3 is 2.76 bits per heavy atom. The second-order valence-electron chi connectivity index (χ2n) is 8.25. The first kappa shape index (κ1) is 23.0. The minimum atomic E-state index is -0.888. The fourth-order valence-corrected chi connectivity index (χ4v) is 4.27. The van der Waals surface area contributed by atoms with Crippen molar-refractivity contribution in [2.75, 3.05) is 37.7 Å². The minimum absolute atomic E-state index is 0.299. The normalized spacial score (nSPS) is 14.9. The number of ether oxygens (including phenoxy) is 1. The van der Waals surface area contributed by atoms with E-state index in [1.165, 1.54) is 11.3 Å². The highest BCUT2D eigenvalue weighted by atomic mass is 32.1. The standard InChI is InChI=1S/C22H29N7O3S/c1-14(2)7-12-32-22(31)28-19(18-25-15-5-3-4-6-16(15)26-18)27-20(30)17-13-24-21(33-17)29-10-8-23-9-11-29/h3-6,13-14,19,23H,7-12H2,1-2H3,(H,25,26)(H,27,30)(H,28,31). The lowest BCUT2D eigenvalue weighted by molar-refractivity contribution is 0.0923. The molecule has 1 unspecified atom stereocenters. The summed E-state index contributed by atoms with van der Waals surface area (Å²) in [5.74, 6) is 0.485. The zero-order chi connectivity index (χ0) is 23.2. The molecule has 4 rings (SSSR count). The van der Waals surface area contributed by atoms with Crippen LogP contribution >= 0.6 is 11.3 Å². The van der Waals surface area contributed by atoms with Gasteiger partial charge in [0.25, 0.3) is 5.91 Å². The van der Waals surface area contributed by atoms with E-state index in [0.717, 1.165) is 48.8 Å². The molecule has 0 bridgehead atoms. The van der Waals surface area contributed by atoms with Crippen molar-refractivity contribution in [2.45, 2.75) is 26.4 Å². The average Bonchev–Trinajstić information content (AvgIpc) is 3.46. The molecule has 0 radical (unpaired) electrons. The Bertz CT molecular complexity index is 1060. The van der Waals surface area contributed by atoms with Gasteiger partial charge in [-0.3, -0.25) is 10.1 Å². The van der Waals surface area contributed by atoms with Crippen LogP contribution in [0.2, 0.25) is 0 Å². The number of piperazine rings is 1. The molecule has 1 saturated heterocycles. The average molecular weight is 472 g/mol. The Labute approximate surface area is 196 Å². The molecule has 3 aromatic rings. The fraction of sp³-hybridized carbons (Fsp3) is 0.455. The molecule has 1 aliphatic rings. The molecule has 1 aromatic carbocycles. The van der Waals surface area contributed by atoms with Crippen molar-refractivity contribution in [3.05, 3.63) is 41.2 Å². The number of hydrogen-bond acceptors (Lipinski definition) is 8. The summed E-state index contributed by atoms with van der Waals surface area (Å²) < 4.78 is 5.28. The first-order valence-electron chi connectivity index (χ1n) is 11.1. The molecule has 1 aliphatic heterocycles. The van der Waals surface area contributed by atoms with Crippen molar-refractivity contribution >= 4 is 39.5 Å². The Morgan fingerprint density at radius 1 is 1.21 bits per heavy atom. The zero-order valence-electron chi connectivity index (χ0n) is 18.8. The fourth-order valence-electron chi connectivity index (χ4n) is 3.40. The van der Waals surface area contributed by atoms with Crippen LogP contribution in [0.3, 0.4) is 0 Å². The van der Waals surface area contributed by atoms with Crippen molar-refractivity contribution in [1.29, 1.82) is 0 Å². The number of fused-ring (bicyclic) bond motifs is 1. The molecule has 2 aromatic heterocycles. The van der Waals surface area contributed by atoms with E-state index in [1.807, 2.05) is 24.3 Å². The van der Waals surface area contributed by atoms with E-state index in [1.54, 1.807) is 6.20 Å². The van der Waals surface area contributed by atoms with Crippen molar-refractivity contribution in [2.24, 2.45) is 5.92 Å². The summed E-state index contributed by atoms with van der Waals surface area (Å²) in [5, 5.41) is 9.68. The van der Waals surface area contributed by atoms with Crippen LogP contribution in [-0.2, 0) is 4.74 Å². The number of carbonyl (C=O) groups is 2. The minimum Gasteiger partial charge on any atom is -0.450 e. The molecule has 10 nitrogen and oxygen atoms in total. The van der Waals surface area contributed by atoms with Crippen molar-refractivity contribution in [1.82, 2.24) is 30.9 Å². The third-order valence-corrected chi connectivity index (χ3v) is 6.31. The Morgan fingerprint density at radius 2 is 2.00 bits per heavy atom. The summed E-state index contributed by atoms with van der Waals surface area (Å²) in [7, 11) is 0. The first-order valence-corrected chi connectivity index (χ1v) is 11.9. The first-order chi connectivity index (χ1) is 16.0. The maximum Gasteiger partial charge on any atom is 0.409 e. The third-order valence-electron chi connectivity index (χ3n) is 5.25. The van der Waals surface area contributed by atoms with E-state index in [0.29, 0.717) is 23.2 Å². The van der Waals surface area contributed by atoms with E-state index >= 15 is 0 Å². The second kappa shape index (κ2) is 10.6. The van der Waals surface area contributed by atoms with E-state index in [-0.39, 0.29) is 5.91 Å². The van der Waals surface area contributed by atoms with Crippen molar-refractivity contribution in [3.8, 4) is 0 Å². The van der Waals surface area contributed by atoms with Gasteiger partial charge in [0.15, 0.2) is 17.1 Å². The number of nitrogens with one attached hydrogen (secondary N) is 4. The van der Waals surface area contributed by atoms with E-state index < -0.39 is 12.3 Å². The summed E-state index contributed by atoms with van der Waals surface area (Å²) in [4.78, 5) is 40.1. The van der Waals surface area contributed by atoms with Crippen LogP contribution in [0, 0.1) is 5.92 Å². The van der Waals surface area contributed by atoms with Crippen LogP contribution in [-0.4, -0.2) is 59.7 Å². The number of para-hydroxylation sites is 2. The van der Waals surface area contributed by atoms with Crippen LogP contribution in [0.15, 0.2) is 30.5 Å². The molecule has 176 valence electrons. The molecule has 0 aliphatic carbocycles. The smallest absolute Gasteiger partial charge is 0.409 e. The molecular formula is C22H29N7O3S. The van der Waals surface area contributed by atoms with Crippen molar-refractivity contribution in [3.63, 3.8) is 0 Å². The van der Waals surface area contributed by atoms with Gasteiger partial charge in [-0.25, -0.2) is 14.8 Å². The van der Waals surface area contributed by atoms with Gasteiger partial charge in [-0.1, -0.05) is 37.3 Å². The van der Waals surface area contributed by atoms with Gasteiger partial charge in [0, 0.05) is 26.2 Å². The molecule has 1 fully saturated rings. The Kier molecular flexibility index (Phi) is 7.40. The maximum absolute atomic E-state index is 13.0. The van der Waals surface area contributed by atoms with E-state index in [9.17, 15) is 9.59 Å². The maximum atomic E-state index is 13.0. The molecule has 33 heavy (non-hydrogen) atoms. The predicted octanol–water partition coefficient (Wildman–Crippen LogP) is 2.63. The summed E-state index contributed by atoms with van der Waals surface area (Å²) in [6, 6.07) is 7.51. The van der Waals surface area contributed by atoms with Gasteiger partial charge in [-0.05, 0) is 24.5 Å². The van der Waals surface area contributed by atoms with E-state index in [2.05, 4.69) is 49.6 Å². The molecule has 4 N–H and O–H groups in total. The largest absolute Gasteiger partial charge is 0.450 e. The number of amides is 2. The van der Waals surface area contributed by atoms with Gasteiger partial charge in [-0.15, -0.1) is 0 Å². The number of nitrogens with zero attached hydrogens (tertiary/aromatic N) is 3. The molecular weight excluding hydrogens is 442 g/mol. The van der Waals surface area contributed by atoms with Gasteiger partial charge >= 0.3 is 6.09 Å². The summed E-state index contributed by atoms with van der Waals surface area (Å²) >= 11 is 1.33. The molecule has 2 amide bonds. The Hall–Kier alpha value is -3.18. The molecule has 3 heterocycles. The zero-order valence-corrected chi connectivity index (χ0v) is 19.6. The van der Waals surface area contributed by atoms with Crippen LogP contribution in [0.25, 0.3) is 11.0 Å². The summed E-state index contributed by atoms with van der Waals surface area (Å²) in [6.45, 7) is 7.88. The van der Waals surface area contributed by atoms with Gasteiger partial charge < -0.3 is 25.3 Å². The number of carbonyl (C=O) groups excluding carboxylic acids is 2. The highest BCUT2D eigenvalue weighted by molar-refractivity contribution is 7.17. The number of benzene rings is 1. The number of H-pyrrole nitrogens is 1. The van der Waals surface area contributed by atoms with Gasteiger partial charge in [-0.2, -0.15) is 0 Å². The number of aromatic nitrogens is 3. The number of alkyl carbamates (subject to hydrolysis) is 1. The highest BCUT2D eigenvalue weighted by Gasteiger charge is 2.24. The van der Waals surface area contributed by atoms with E-state index in [4.69, 9.17) is 4.74 Å². The number of anilines is 1. The lowest BCUT2D eigenvalue weighted by Crippen LogP contribution is -2.43. The highest BCUT2D eigenvalue weighted by Crippen LogP contribution is 2.23. The second-order valence-corrected chi connectivity index (χ2v) is 9.26. The summed E-state index contributed by atoms with van der Waals surface area (Å²) in [5.41, 5.74) is 1.54. The van der Waals surface area contributed by atoms with Gasteiger partial charge in [0.1, 0.15) is 4.88 Å². The monoisotopic (exact) mass is 471 g/mol. The molecule has 1 atom stereocenters. The predicted molar refractivity (Wildman–Crippen MR) is 127 cm³/mol. The molecule has 0 saturated carbocycles.